The summed E-state index contributed by atoms with van der Waals surface area (Å²) >= 11 is 0. The quantitative estimate of drug-likeness (QED) is 0.666. The smallest absolute Gasteiger partial charge is 0.274 e. The lowest BCUT2D eigenvalue weighted by atomic mass is 10.1. The molecule has 138 valence electrons. The minimum Gasteiger partial charge on any atom is -0.497 e. The van der Waals surface area contributed by atoms with Crippen LogP contribution in [0.15, 0.2) is 60.9 Å². The van der Waals surface area contributed by atoms with Crippen molar-refractivity contribution in [2.75, 3.05) is 17.7 Å². The maximum absolute atomic E-state index is 12.4. The molecule has 0 radical (unpaired) electrons. The Balaban J connectivity index is 1.62. The van der Waals surface area contributed by atoms with E-state index in [1.165, 1.54) is 11.9 Å². The molecule has 3 rings (SSSR count). The molecule has 0 atom stereocenters. The van der Waals surface area contributed by atoms with Crippen LogP contribution < -0.4 is 15.4 Å². The number of nitrogens with one attached hydrogen (secondary N) is 2. The Hall–Kier alpha value is -3.41. The molecule has 1 aromatic heterocycles. The summed E-state index contributed by atoms with van der Waals surface area (Å²) in [6, 6.07) is 17.2. The second-order valence-electron chi connectivity index (χ2n) is 5.99. The highest BCUT2D eigenvalue weighted by Crippen LogP contribution is 2.14. The molecule has 1 heterocycles. The number of hydrogen-bond acceptors (Lipinski definition) is 5. The summed E-state index contributed by atoms with van der Waals surface area (Å²) in [6.45, 7) is 2.68. The van der Waals surface area contributed by atoms with Crippen molar-refractivity contribution < 1.29 is 9.53 Å². The Morgan fingerprint density at radius 3 is 2.37 bits per heavy atom. The molecule has 0 fully saturated rings. The highest BCUT2D eigenvalue weighted by molar-refractivity contribution is 6.03. The van der Waals surface area contributed by atoms with Gasteiger partial charge in [-0.25, -0.2) is 9.97 Å². The summed E-state index contributed by atoms with van der Waals surface area (Å²) in [4.78, 5) is 20.7. The van der Waals surface area contributed by atoms with Crippen LogP contribution in [0.2, 0.25) is 0 Å². The topological polar surface area (TPSA) is 76.1 Å². The molecule has 1 amide bonds. The van der Waals surface area contributed by atoms with Crippen molar-refractivity contribution in [1.82, 2.24) is 9.97 Å². The number of ether oxygens (including phenoxy) is 1. The van der Waals surface area contributed by atoms with E-state index in [-0.39, 0.29) is 5.91 Å². The average Bonchev–Trinajstić information content (AvgIpc) is 2.73. The molecule has 6 nitrogen and oxygen atoms in total. The lowest BCUT2D eigenvalue weighted by molar-refractivity contribution is 0.102. The highest BCUT2D eigenvalue weighted by Gasteiger charge is 2.09. The minimum absolute atomic E-state index is 0.269. The number of anilines is 2. The van der Waals surface area contributed by atoms with E-state index in [0.29, 0.717) is 18.1 Å². The molecule has 0 aliphatic rings. The van der Waals surface area contributed by atoms with E-state index in [1.54, 1.807) is 13.2 Å². The predicted molar refractivity (Wildman–Crippen MR) is 106 cm³/mol. The molecule has 0 spiro atoms. The summed E-state index contributed by atoms with van der Waals surface area (Å²) in [5.74, 6) is 1.13. The number of nitrogens with zero attached hydrogens (tertiary/aromatic N) is 2. The molecule has 0 unspecified atom stereocenters. The number of benzene rings is 2. The fourth-order valence-corrected chi connectivity index (χ4v) is 2.53. The number of carbonyl (C=O) groups excluding carboxylic acids is 1. The van der Waals surface area contributed by atoms with E-state index in [0.717, 1.165) is 23.4 Å². The minimum atomic E-state index is -0.269. The molecule has 0 saturated heterocycles. The van der Waals surface area contributed by atoms with Crippen molar-refractivity contribution in [1.29, 1.82) is 0 Å². The van der Waals surface area contributed by atoms with Gasteiger partial charge in [0, 0.05) is 18.3 Å². The van der Waals surface area contributed by atoms with Gasteiger partial charge in [-0.2, -0.15) is 0 Å². The van der Waals surface area contributed by atoms with Gasteiger partial charge >= 0.3 is 0 Å². The van der Waals surface area contributed by atoms with Crippen molar-refractivity contribution in [3.8, 4) is 5.75 Å². The monoisotopic (exact) mass is 362 g/mol. The summed E-state index contributed by atoms with van der Waals surface area (Å²) in [6.07, 6.45) is 2.34. The molecule has 27 heavy (non-hydrogen) atoms. The van der Waals surface area contributed by atoms with Crippen LogP contribution in [0.5, 0.6) is 5.75 Å². The molecule has 2 N–H and O–H groups in total. The van der Waals surface area contributed by atoms with Gasteiger partial charge in [0.1, 0.15) is 23.6 Å². The van der Waals surface area contributed by atoms with Gasteiger partial charge < -0.3 is 15.4 Å². The van der Waals surface area contributed by atoms with E-state index in [1.807, 2.05) is 48.5 Å². The zero-order chi connectivity index (χ0) is 19.1. The summed E-state index contributed by atoms with van der Waals surface area (Å²) in [5, 5.41) is 6.05. The molecule has 2 aromatic carbocycles. The lowest BCUT2D eigenvalue weighted by Gasteiger charge is -2.09. The summed E-state index contributed by atoms with van der Waals surface area (Å²) in [5.41, 5.74) is 3.35. The van der Waals surface area contributed by atoms with Gasteiger partial charge in [0.2, 0.25) is 0 Å². The van der Waals surface area contributed by atoms with Crippen LogP contribution in [0.3, 0.4) is 0 Å². The average molecular weight is 362 g/mol. The van der Waals surface area contributed by atoms with Crippen LogP contribution in [0.4, 0.5) is 11.5 Å². The van der Waals surface area contributed by atoms with Gasteiger partial charge in [-0.15, -0.1) is 0 Å². The second kappa shape index (κ2) is 8.80. The van der Waals surface area contributed by atoms with Crippen LogP contribution in [0, 0.1) is 0 Å². The van der Waals surface area contributed by atoms with E-state index in [2.05, 4.69) is 27.5 Å². The Kier molecular flexibility index (Phi) is 5.99. The number of methoxy groups -OCH3 is 1. The third-order valence-electron chi connectivity index (χ3n) is 4.15. The van der Waals surface area contributed by atoms with Crippen LogP contribution >= 0.6 is 0 Å². The molecule has 6 heteroatoms. The number of carbonyl (C=O) groups is 1. The molecule has 0 bridgehead atoms. The normalized spacial score (nSPS) is 10.3. The van der Waals surface area contributed by atoms with Crippen LogP contribution in [0.1, 0.15) is 28.5 Å². The van der Waals surface area contributed by atoms with Crippen molar-refractivity contribution in [3.63, 3.8) is 0 Å². The Morgan fingerprint density at radius 1 is 1.00 bits per heavy atom. The van der Waals surface area contributed by atoms with E-state index in [9.17, 15) is 4.79 Å². The van der Waals surface area contributed by atoms with E-state index < -0.39 is 0 Å². The van der Waals surface area contributed by atoms with Gasteiger partial charge in [-0.1, -0.05) is 31.2 Å². The highest BCUT2D eigenvalue weighted by atomic mass is 16.5. The first-order valence-corrected chi connectivity index (χ1v) is 8.77. The Morgan fingerprint density at radius 2 is 1.70 bits per heavy atom. The van der Waals surface area contributed by atoms with Gasteiger partial charge in [0.05, 0.1) is 7.11 Å². The fraction of sp³-hybridized carbons (Fsp3) is 0.190. The summed E-state index contributed by atoms with van der Waals surface area (Å²) in [7, 11) is 1.64. The largest absolute Gasteiger partial charge is 0.497 e. The third-order valence-corrected chi connectivity index (χ3v) is 4.15. The number of aryl methyl sites for hydroxylation is 1. The van der Waals surface area contributed by atoms with Gasteiger partial charge in [-0.05, 0) is 41.8 Å². The standard InChI is InChI=1S/C21H22N4O2/c1-3-15-4-8-17(9-5-15)25-21(26)19-12-20(24-14-23-19)22-13-16-6-10-18(27-2)11-7-16/h4-12,14H,3,13H2,1-2H3,(H,25,26)(H,22,23,24). The maximum Gasteiger partial charge on any atom is 0.274 e. The first-order chi connectivity index (χ1) is 13.2. The number of rotatable bonds is 7. The molecular formula is C21H22N4O2. The van der Waals surface area contributed by atoms with Gasteiger partial charge in [0.15, 0.2) is 0 Å². The molecular weight excluding hydrogens is 340 g/mol. The molecule has 0 saturated carbocycles. The zero-order valence-corrected chi connectivity index (χ0v) is 15.4. The predicted octanol–water partition coefficient (Wildman–Crippen LogP) is 3.91. The summed E-state index contributed by atoms with van der Waals surface area (Å²) < 4.78 is 5.15. The number of amides is 1. The van der Waals surface area contributed by atoms with Crippen molar-refractivity contribution in [2.24, 2.45) is 0 Å². The third kappa shape index (κ3) is 5.04. The Bertz CT molecular complexity index is 893. The zero-order valence-electron chi connectivity index (χ0n) is 15.4. The van der Waals surface area contributed by atoms with E-state index in [4.69, 9.17) is 4.74 Å². The maximum atomic E-state index is 12.4. The Labute approximate surface area is 158 Å². The van der Waals surface area contributed by atoms with Crippen LogP contribution in [0.25, 0.3) is 0 Å². The van der Waals surface area contributed by atoms with Gasteiger partial charge in [-0.3, -0.25) is 4.79 Å². The van der Waals surface area contributed by atoms with Crippen molar-refractivity contribution >= 4 is 17.4 Å². The first kappa shape index (κ1) is 18.4. The van der Waals surface area contributed by atoms with Gasteiger partial charge in [0.25, 0.3) is 5.91 Å². The second-order valence-corrected chi connectivity index (χ2v) is 5.99. The van der Waals surface area contributed by atoms with E-state index >= 15 is 0 Å². The SMILES string of the molecule is CCc1ccc(NC(=O)c2cc(NCc3ccc(OC)cc3)ncn2)cc1. The fourth-order valence-electron chi connectivity index (χ4n) is 2.53. The first-order valence-electron chi connectivity index (χ1n) is 8.77. The molecule has 0 aliphatic heterocycles. The van der Waals surface area contributed by atoms with Crippen molar-refractivity contribution in [3.05, 3.63) is 77.7 Å². The number of aromatic nitrogens is 2. The molecule has 3 aromatic rings. The molecule has 0 aliphatic carbocycles. The van der Waals surface area contributed by atoms with Crippen molar-refractivity contribution in [2.45, 2.75) is 19.9 Å². The van der Waals surface area contributed by atoms with Crippen LogP contribution in [-0.4, -0.2) is 23.0 Å². The number of hydrogen-bond donors (Lipinski definition) is 2. The van der Waals surface area contributed by atoms with Crippen LogP contribution in [-0.2, 0) is 13.0 Å². The lowest BCUT2D eigenvalue weighted by Crippen LogP contribution is -2.14.